The summed E-state index contributed by atoms with van der Waals surface area (Å²) in [5.41, 5.74) is 0. The molecule has 0 atom stereocenters. The molecule has 0 spiro atoms. The second-order valence-electron chi connectivity index (χ2n) is 6.79. The Kier molecular flexibility index (Phi) is 14.4. The van der Waals surface area contributed by atoms with Gasteiger partial charge in [-0.25, -0.2) is 0 Å². The van der Waals surface area contributed by atoms with Gasteiger partial charge in [-0.2, -0.15) is 0 Å². The minimum atomic E-state index is 0.963. The predicted molar refractivity (Wildman–Crippen MR) is 107 cm³/mol. The lowest BCUT2D eigenvalue weighted by molar-refractivity contribution is 0.556. The fraction of sp³-hybridized carbons (Fsp3) is 0.652. The standard InChI is InChI=1S/C23H38O/c1-2-3-4-5-6-7-8-9-10-11-12-13-14-15-16-17-18-20-23-21-19-22-24-23/h7-8,18-22H,2-6,9-17H2,1H3. The van der Waals surface area contributed by atoms with Crippen molar-refractivity contribution in [1.82, 2.24) is 0 Å². The molecule has 1 aromatic heterocycles. The summed E-state index contributed by atoms with van der Waals surface area (Å²) in [6.07, 6.45) is 29.7. The fourth-order valence-electron chi connectivity index (χ4n) is 2.92. The lowest BCUT2D eigenvalue weighted by Crippen LogP contribution is -1.80. The first-order chi connectivity index (χ1) is 11.9. The van der Waals surface area contributed by atoms with Crippen LogP contribution in [-0.4, -0.2) is 0 Å². The van der Waals surface area contributed by atoms with Crippen LogP contribution in [0, 0.1) is 0 Å². The van der Waals surface area contributed by atoms with Gasteiger partial charge in [0.05, 0.1) is 6.26 Å². The van der Waals surface area contributed by atoms with E-state index in [1.54, 1.807) is 6.26 Å². The third-order valence-electron chi connectivity index (χ3n) is 4.46. The molecule has 0 unspecified atom stereocenters. The molecule has 0 bridgehead atoms. The van der Waals surface area contributed by atoms with E-state index >= 15 is 0 Å². The molecule has 0 amide bonds. The molecule has 0 saturated heterocycles. The third kappa shape index (κ3) is 13.2. The summed E-state index contributed by atoms with van der Waals surface area (Å²) in [6, 6.07) is 3.93. The van der Waals surface area contributed by atoms with Crippen LogP contribution >= 0.6 is 0 Å². The third-order valence-corrected chi connectivity index (χ3v) is 4.46. The molecule has 0 N–H and O–H groups in total. The van der Waals surface area contributed by atoms with Gasteiger partial charge in [-0.05, 0) is 56.7 Å². The van der Waals surface area contributed by atoms with Gasteiger partial charge in [0.1, 0.15) is 5.76 Å². The van der Waals surface area contributed by atoms with Crippen LogP contribution in [0.2, 0.25) is 0 Å². The minimum absolute atomic E-state index is 0.963. The average molecular weight is 331 g/mol. The van der Waals surface area contributed by atoms with Gasteiger partial charge in [0.15, 0.2) is 0 Å². The molecule has 0 fully saturated rings. The van der Waals surface area contributed by atoms with Crippen LogP contribution in [0.5, 0.6) is 0 Å². The zero-order valence-electron chi connectivity index (χ0n) is 15.8. The highest BCUT2D eigenvalue weighted by Crippen LogP contribution is 2.11. The molecule has 1 heteroatoms. The number of allylic oxidation sites excluding steroid dienone is 3. The Bertz CT molecular complexity index is 400. The van der Waals surface area contributed by atoms with E-state index in [4.69, 9.17) is 4.42 Å². The molecule has 0 aliphatic heterocycles. The molecule has 1 nitrogen and oxygen atoms in total. The summed E-state index contributed by atoms with van der Waals surface area (Å²) in [5, 5.41) is 0. The van der Waals surface area contributed by atoms with Gasteiger partial charge in [0, 0.05) is 0 Å². The summed E-state index contributed by atoms with van der Waals surface area (Å²) < 4.78 is 5.27. The molecule has 1 heterocycles. The van der Waals surface area contributed by atoms with Crippen LogP contribution in [-0.2, 0) is 0 Å². The summed E-state index contributed by atoms with van der Waals surface area (Å²) in [4.78, 5) is 0. The Morgan fingerprint density at radius 1 is 0.708 bits per heavy atom. The van der Waals surface area contributed by atoms with Crippen LogP contribution in [0.3, 0.4) is 0 Å². The maximum absolute atomic E-state index is 5.27. The van der Waals surface area contributed by atoms with Crippen LogP contribution in [0.1, 0.15) is 103 Å². The number of hydrogen-bond donors (Lipinski definition) is 0. The van der Waals surface area contributed by atoms with Crippen molar-refractivity contribution >= 4 is 6.08 Å². The highest BCUT2D eigenvalue weighted by Gasteiger charge is 1.92. The highest BCUT2D eigenvalue weighted by molar-refractivity contribution is 5.41. The van der Waals surface area contributed by atoms with Crippen LogP contribution < -0.4 is 0 Å². The minimum Gasteiger partial charge on any atom is -0.465 e. The van der Waals surface area contributed by atoms with E-state index in [1.165, 1.54) is 89.9 Å². The van der Waals surface area contributed by atoms with Gasteiger partial charge >= 0.3 is 0 Å². The lowest BCUT2D eigenvalue weighted by Gasteiger charge is -2.00. The fourth-order valence-corrected chi connectivity index (χ4v) is 2.92. The first-order valence-corrected chi connectivity index (χ1v) is 10.3. The van der Waals surface area contributed by atoms with Crippen molar-refractivity contribution in [2.75, 3.05) is 0 Å². The average Bonchev–Trinajstić information content (AvgIpc) is 3.11. The van der Waals surface area contributed by atoms with E-state index < -0.39 is 0 Å². The Balaban J connectivity index is 1.75. The molecular formula is C23H38O. The van der Waals surface area contributed by atoms with E-state index in [-0.39, 0.29) is 0 Å². The van der Waals surface area contributed by atoms with Gasteiger partial charge in [0.25, 0.3) is 0 Å². The van der Waals surface area contributed by atoms with Crippen molar-refractivity contribution in [1.29, 1.82) is 0 Å². The van der Waals surface area contributed by atoms with E-state index in [9.17, 15) is 0 Å². The molecule has 0 radical (unpaired) electrons. The van der Waals surface area contributed by atoms with E-state index in [0.29, 0.717) is 0 Å². The molecule has 1 rings (SSSR count). The molecule has 0 aliphatic carbocycles. The SMILES string of the molecule is CCCCCCC=CCCCCCCCCCC=Cc1ccco1. The molecule has 136 valence electrons. The van der Waals surface area contributed by atoms with Crippen LogP contribution in [0.15, 0.2) is 41.0 Å². The number of rotatable bonds is 16. The number of unbranched alkanes of at least 4 members (excludes halogenated alkanes) is 12. The number of hydrogen-bond acceptors (Lipinski definition) is 1. The number of furan rings is 1. The molecular weight excluding hydrogens is 292 g/mol. The summed E-state index contributed by atoms with van der Waals surface area (Å²) in [7, 11) is 0. The normalized spacial score (nSPS) is 11.9. The van der Waals surface area contributed by atoms with Gasteiger partial charge < -0.3 is 4.42 Å². The first-order valence-electron chi connectivity index (χ1n) is 10.3. The van der Waals surface area contributed by atoms with Crippen molar-refractivity contribution in [3.05, 3.63) is 42.4 Å². The topological polar surface area (TPSA) is 13.1 Å². The Labute approximate surface area is 150 Å². The summed E-state index contributed by atoms with van der Waals surface area (Å²) in [6.45, 7) is 2.27. The van der Waals surface area contributed by atoms with Crippen molar-refractivity contribution in [2.45, 2.75) is 96.8 Å². The Morgan fingerprint density at radius 3 is 1.79 bits per heavy atom. The lowest BCUT2D eigenvalue weighted by atomic mass is 10.1. The van der Waals surface area contributed by atoms with Gasteiger partial charge in [-0.3, -0.25) is 0 Å². The van der Waals surface area contributed by atoms with Gasteiger partial charge in [-0.15, -0.1) is 0 Å². The molecule has 24 heavy (non-hydrogen) atoms. The predicted octanol–water partition coefficient (Wildman–Crippen LogP) is 8.33. The van der Waals surface area contributed by atoms with Crippen molar-refractivity contribution in [3.63, 3.8) is 0 Å². The summed E-state index contributed by atoms with van der Waals surface area (Å²) in [5.74, 6) is 0.963. The van der Waals surface area contributed by atoms with Crippen molar-refractivity contribution in [3.8, 4) is 0 Å². The van der Waals surface area contributed by atoms with Crippen molar-refractivity contribution < 1.29 is 4.42 Å². The van der Waals surface area contributed by atoms with Gasteiger partial charge in [0.2, 0.25) is 0 Å². The van der Waals surface area contributed by atoms with E-state index in [2.05, 4.69) is 31.2 Å². The van der Waals surface area contributed by atoms with Crippen LogP contribution in [0.4, 0.5) is 0 Å². The maximum Gasteiger partial charge on any atom is 0.126 e. The highest BCUT2D eigenvalue weighted by atomic mass is 16.3. The Morgan fingerprint density at radius 2 is 1.25 bits per heavy atom. The van der Waals surface area contributed by atoms with Crippen LogP contribution in [0.25, 0.3) is 6.08 Å². The smallest absolute Gasteiger partial charge is 0.126 e. The molecule has 0 aromatic carbocycles. The molecule has 0 saturated carbocycles. The largest absolute Gasteiger partial charge is 0.465 e. The zero-order chi connectivity index (χ0) is 17.1. The Hall–Kier alpha value is -1.24. The monoisotopic (exact) mass is 330 g/mol. The quantitative estimate of drug-likeness (QED) is 0.219. The maximum atomic E-state index is 5.27. The van der Waals surface area contributed by atoms with E-state index in [0.717, 1.165) is 5.76 Å². The zero-order valence-corrected chi connectivity index (χ0v) is 15.8. The molecule has 0 aliphatic rings. The van der Waals surface area contributed by atoms with Gasteiger partial charge in [-0.1, -0.05) is 76.5 Å². The first kappa shape index (κ1) is 20.8. The summed E-state index contributed by atoms with van der Waals surface area (Å²) >= 11 is 0. The van der Waals surface area contributed by atoms with E-state index in [1.807, 2.05) is 12.1 Å². The molecule has 1 aromatic rings. The second kappa shape index (κ2) is 16.6. The van der Waals surface area contributed by atoms with Crippen molar-refractivity contribution in [2.24, 2.45) is 0 Å². The second-order valence-corrected chi connectivity index (χ2v) is 6.79.